The van der Waals surface area contributed by atoms with Crippen LogP contribution in [-0.4, -0.2) is 36.5 Å². The molecule has 1 aromatic heterocycles. The summed E-state index contributed by atoms with van der Waals surface area (Å²) in [5.41, 5.74) is 0. The van der Waals surface area contributed by atoms with E-state index in [1.165, 1.54) is 4.88 Å². The summed E-state index contributed by atoms with van der Waals surface area (Å²) in [7, 11) is 0. The van der Waals surface area contributed by atoms with E-state index in [0.29, 0.717) is 6.54 Å². The maximum atomic E-state index is 12.1. The van der Waals surface area contributed by atoms with Crippen molar-refractivity contribution >= 4 is 17.2 Å². The Morgan fingerprint density at radius 1 is 1.53 bits per heavy atom. The molecule has 2 rings (SSSR count). The van der Waals surface area contributed by atoms with Gasteiger partial charge in [-0.2, -0.15) is 5.26 Å². The third-order valence-corrected chi connectivity index (χ3v) is 4.68. The van der Waals surface area contributed by atoms with Crippen LogP contribution in [0.25, 0.3) is 0 Å². The Labute approximate surface area is 118 Å². The van der Waals surface area contributed by atoms with E-state index in [2.05, 4.69) is 23.2 Å². The summed E-state index contributed by atoms with van der Waals surface area (Å²) in [5, 5.41) is 11.7. The van der Waals surface area contributed by atoms with E-state index >= 15 is 0 Å². The fourth-order valence-corrected chi connectivity index (χ4v) is 3.13. The third-order valence-electron chi connectivity index (χ3n) is 3.45. The molecule has 1 amide bonds. The molecule has 1 saturated heterocycles. The van der Waals surface area contributed by atoms with Gasteiger partial charge in [0.2, 0.25) is 0 Å². The molecular formula is C14H19N3OS. The number of hydrogen-bond acceptors (Lipinski definition) is 4. The van der Waals surface area contributed by atoms with E-state index < -0.39 is 0 Å². The van der Waals surface area contributed by atoms with Crippen LogP contribution in [0.1, 0.15) is 34.3 Å². The molecule has 0 unspecified atom stereocenters. The Morgan fingerprint density at radius 3 is 2.84 bits per heavy atom. The standard InChI is InChI=1S/C14H19N3OS/c1-2-12-3-4-13(19-12)14(18)16-11-5-8-17(9-6-11)10-7-15/h3-4,11H,2,5-6,8-10H2,1H3,(H,16,18). The molecule has 0 radical (unpaired) electrons. The molecule has 0 atom stereocenters. The van der Waals surface area contributed by atoms with Gasteiger partial charge in [-0.1, -0.05) is 6.92 Å². The molecule has 102 valence electrons. The lowest BCUT2D eigenvalue weighted by Gasteiger charge is -2.30. The number of carbonyl (C=O) groups is 1. The van der Waals surface area contributed by atoms with Crippen LogP contribution >= 0.6 is 11.3 Å². The zero-order valence-corrected chi connectivity index (χ0v) is 12.0. The van der Waals surface area contributed by atoms with Gasteiger partial charge in [-0.25, -0.2) is 0 Å². The Balaban J connectivity index is 1.82. The van der Waals surface area contributed by atoms with E-state index in [4.69, 9.17) is 5.26 Å². The second-order valence-corrected chi connectivity index (χ2v) is 5.97. The molecule has 0 saturated carbocycles. The summed E-state index contributed by atoms with van der Waals surface area (Å²) >= 11 is 1.57. The van der Waals surface area contributed by atoms with Gasteiger partial charge >= 0.3 is 0 Å². The SMILES string of the molecule is CCc1ccc(C(=O)NC2CCN(CC#N)CC2)s1. The number of aryl methyl sites for hydroxylation is 1. The van der Waals surface area contributed by atoms with E-state index in [9.17, 15) is 4.79 Å². The zero-order chi connectivity index (χ0) is 13.7. The van der Waals surface area contributed by atoms with Gasteiger partial charge in [-0.05, 0) is 31.4 Å². The fourth-order valence-electron chi connectivity index (χ4n) is 2.28. The van der Waals surface area contributed by atoms with Gasteiger partial charge in [0.1, 0.15) is 0 Å². The third kappa shape index (κ3) is 3.79. The van der Waals surface area contributed by atoms with Gasteiger partial charge in [0, 0.05) is 24.0 Å². The number of amides is 1. The van der Waals surface area contributed by atoms with Crippen molar-refractivity contribution in [2.45, 2.75) is 32.2 Å². The van der Waals surface area contributed by atoms with Crippen molar-refractivity contribution < 1.29 is 4.79 Å². The molecule has 2 heterocycles. The number of nitrogens with one attached hydrogen (secondary N) is 1. The number of likely N-dealkylation sites (tertiary alicyclic amines) is 1. The predicted octanol–water partition coefficient (Wildman–Crippen LogP) is 2.03. The monoisotopic (exact) mass is 277 g/mol. The van der Waals surface area contributed by atoms with Gasteiger partial charge in [0.05, 0.1) is 17.5 Å². The highest BCUT2D eigenvalue weighted by atomic mass is 32.1. The average Bonchev–Trinajstić information content (AvgIpc) is 2.90. The first kappa shape index (κ1) is 14.0. The van der Waals surface area contributed by atoms with Crippen molar-refractivity contribution in [1.29, 1.82) is 5.26 Å². The van der Waals surface area contributed by atoms with Crippen molar-refractivity contribution in [3.8, 4) is 6.07 Å². The van der Waals surface area contributed by atoms with Crippen LogP contribution in [0.3, 0.4) is 0 Å². The first-order valence-electron chi connectivity index (χ1n) is 6.71. The topological polar surface area (TPSA) is 56.1 Å². The second kappa shape index (κ2) is 6.69. The molecule has 1 N–H and O–H groups in total. The van der Waals surface area contributed by atoms with Crippen LogP contribution in [0.15, 0.2) is 12.1 Å². The fraction of sp³-hybridized carbons (Fsp3) is 0.571. The highest BCUT2D eigenvalue weighted by Gasteiger charge is 2.21. The molecule has 5 heteroatoms. The smallest absolute Gasteiger partial charge is 0.261 e. The largest absolute Gasteiger partial charge is 0.349 e. The Bertz CT molecular complexity index is 469. The summed E-state index contributed by atoms with van der Waals surface area (Å²) in [6.07, 6.45) is 2.84. The molecule has 0 aromatic carbocycles. The van der Waals surface area contributed by atoms with E-state index in [0.717, 1.165) is 37.2 Å². The van der Waals surface area contributed by atoms with Gasteiger partial charge in [-0.3, -0.25) is 9.69 Å². The van der Waals surface area contributed by atoms with Crippen molar-refractivity contribution in [2.24, 2.45) is 0 Å². The Hall–Kier alpha value is -1.38. The van der Waals surface area contributed by atoms with Crippen LogP contribution < -0.4 is 5.32 Å². The van der Waals surface area contributed by atoms with Gasteiger partial charge in [-0.15, -0.1) is 11.3 Å². The first-order chi connectivity index (χ1) is 9.22. The molecule has 19 heavy (non-hydrogen) atoms. The van der Waals surface area contributed by atoms with Gasteiger partial charge in [0.25, 0.3) is 5.91 Å². The molecule has 0 aliphatic carbocycles. The maximum absolute atomic E-state index is 12.1. The molecule has 0 spiro atoms. The Morgan fingerprint density at radius 2 is 2.26 bits per heavy atom. The number of hydrogen-bond donors (Lipinski definition) is 1. The lowest BCUT2D eigenvalue weighted by molar-refractivity contribution is 0.0918. The van der Waals surface area contributed by atoms with E-state index in [-0.39, 0.29) is 11.9 Å². The van der Waals surface area contributed by atoms with Crippen LogP contribution in [0, 0.1) is 11.3 Å². The molecule has 1 aliphatic rings. The average molecular weight is 277 g/mol. The highest BCUT2D eigenvalue weighted by molar-refractivity contribution is 7.14. The molecular weight excluding hydrogens is 258 g/mol. The first-order valence-corrected chi connectivity index (χ1v) is 7.53. The van der Waals surface area contributed by atoms with E-state index in [1.54, 1.807) is 11.3 Å². The number of thiophene rings is 1. The number of nitrogens with zero attached hydrogens (tertiary/aromatic N) is 2. The van der Waals surface area contributed by atoms with Gasteiger partial charge < -0.3 is 5.32 Å². The predicted molar refractivity (Wildman–Crippen MR) is 76.2 cm³/mol. The summed E-state index contributed by atoms with van der Waals surface area (Å²) in [5.74, 6) is 0.0448. The van der Waals surface area contributed by atoms with Crippen molar-refractivity contribution in [3.63, 3.8) is 0 Å². The van der Waals surface area contributed by atoms with E-state index in [1.807, 2.05) is 12.1 Å². The lowest BCUT2D eigenvalue weighted by Crippen LogP contribution is -2.44. The molecule has 1 fully saturated rings. The number of piperidine rings is 1. The van der Waals surface area contributed by atoms with Crippen LogP contribution in [0.4, 0.5) is 0 Å². The summed E-state index contributed by atoms with van der Waals surface area (Å²) in [4.78, 5) is 16.3. The second-order valence-electron chi connectivity index (χ2n) is 4.80. The number of rotatable bonds is 4. The van der Waals surface area contributed by atoms with Gasteiger partial charge in [0.15, 0.2) is 0 Å². The highest BCUT2D eigenvalue weighted by Crippen LogP contribution is 2.18. The minimum atomic E-state index is 0.0448. The van der Waals surface area contributed by atoms with Crippen molar-refractivity contribution in [2.75, 3.05) is 19.6 Å². The quantitative estimate of drug-likeness (QED) is 0.857. The minimum absolute atomic E-state index is 0.0448. The molecule has 0 bridgehead atoms. The molecule has 1 aliphatic heterocycles. The summed E-state index contributed by atoms with van der Waals surface area (Å²) in [6.45, 7) is 4.37. The van der Waals surface area contributed by atoms with Crippen molar-refractivity contribution in [3.05, 3.63) is 21.9 Å². The number of carbonyl (C=O) groups excluding carboxylic acids is 1. The Kier molecular flexibility index (Phi) is 4.94. The summed E-state index contributed by atoms with van der Waals surface area (Å²) < 4.78 is 0. The molecule has 1 aromatic rings. The lowest BCUT2D eigenvalue weighted by atomic mass is 10.1. The minimum Gasteiger partial charge on any atom is -0.349 e. The normalized spacial score (nSPS) is 17.1. The van der Waals surface area contributed by atoms with Crippen LogP contribution in [-0.2, 0) is 6.42 Å². The zero-order valence-electron chi connectivity index (χ0n) is 11.2. The summed E-state index contributed by atoms with van der Waals surface area (Å²) in [6, 6.07) is 6.34. The van der Waals surface area contributed by atoms with Crippen LogP contribution in [0.2, 0.25) is 0 Å². The maximum Gasteiger partial charge on any atom is 0.261 e. The molecule has 4 nitrogen and oxygen atoms in total. The number of nitriles is 1. The van der Waals surface area contributed by atoms with Crippen LogP contribution in [0.5, 0.6) is 0 Å². The van der Waals surface area contributed by atoms with Crippen molar-refractivity contribution in [1.82, 2.24) is 10.2 Å².